The maximum atomic E-state index is 13.1. The van der Waals surface area contributed by atoms with Crippen molar-refractivity contribution in [1.82, 2.24) is 45.3 Å². The lowest BCUT2D eigenvalue weighted by Gasteiger charge is -2.31. The van der Waals surface area contributed by atoms with Crippen molar-refractivity contribution < 1.29 is 75.7 Å². The van der Waals surface area contributed by atoms with Crippen molar-refractivity contribution in [2.75, 3.05) is 59.3 Å². The maximum absolute atomic E-state index is 13.1. The Balaban J connectivity index is 0.000000140. The molecule has 9 aliphatic heterocycles. The van der Waals surface area contributed by atoms with Crippen LogP contribution < -0.4 is 30.2 Å². The van der Waals surface area contributed by atoms with Gasteiger partial charge in [0.2, 0.25) is 35.4 Å². The molecule has 9 heterocycles. The van der Waals surface area contributed by atoms with Gasteiger partial charge in [-0.25, -0.2) is 0 Å². The third kappa shape index (κ3) is 15.9. The van der Waals surface area contributed by atoms with Crippen LogP contribution in [0.1, 0.15) is 124 Å². The summed E-state index contributed by atoms with van der Waals surface area (Å²) >= 11 is 0. The van der Waals surface area contributed by atoms with Crippen LogP contribution in [-0.4, -0.2) is 160 Å². The smallest absolute Gasteiger partial charge is 0.255 e. The number of fused-ring (bicyclic) bond motifs is 3. The Morgan fingerprint density at radius 3 is 1.18 bits per heavy atom. The fourth-order valence-electron chi connectivity index (χ4n) is 13.4. The van der Waals surface area contributed by atoms with Crippen LogP contribution in [0, 0.1) is 0 Å². The highest BCUT2D eigenvalue weighted by atomic mass is 16.5. The Morgan fingerprint density at radius 1 is 0.422 bits per heavy atom. The van der Waals surface area contributed by atoms with Crippen molar-refractivity contribution in [1.29, 1.82) is 0 Å². The predicted molar refractivity (Wildman–Crippen MR) is 371 cm³/mol. The number of carbonyl (C=O) groups excluding carboxylic acids is 9. The Bertz CT molecular complexity index is 4440. The number of nitrogens with zero attached hydrogens (tertiary/aromatic N) is 6. The molecule has 3 N–H and O–H groups in total. The van der Waals surface area contributed by atoms with Gasteiger partial charge >= 0.3 is 0 Å². The topological polar surface area (TPSA) is 265 Å². The van der Waals surface area contributed by atoms with Crippen LogP contribution in [0.5, 0.6) is 17.2 Å². The van der Waals surface area contributed by atoms with Crippen molar-refractivity contribution in [2.45, 2.75) is 116 Å². The standard InChI is InChI=1S/3C26H27N3O5/c3*1-17-5-10-22(25(31)27-17)29-14-21-20(26(29)32)3-2-4-23(21)34-15-19-8-6-18(7-9-19)13-28-11-12-33-16-24(28)30/h3*2-4,6-9,22H,1,5,10-16H2,(H,27,31)/i22D;10D;5D. The number of ether oxygens (including phenoxy) is 6. The molecule has 9 amide bonds. The number of benzene rings is 6. The van der Waals surface area contributed by atoms with Crippen molar-refractivity contribution in [3.8, 4) is 17.2 Å². The summed E-state index contributed by atoms with van der Waals surface area (Å²) in [6.07, 6.45) is -0.206. The molecule has 528 valence electrons. The van der Waals surface area contributed by atoms with E-state index in [1.165, 1.54) is 14.7 Å². The number of morpholine rings is 3. The van der Waals surface area contributed by atoms with Gasteiger partial charge in [0, 0.05) is 92.5 Å². The Labute approximate surface area is 594 Å². The van der Waals surface area contributed by atoms with E-state index in [2.05, 4.69) is 35.7 Å². The molecule has 6 aromatic rings. The van der Waals surface area contributed by atoms with E-state index in [9.17, 15) is 43.2 Å². The second-order valence-electron chi connectivity index (χ2n) is 26.0. The summed E-state index contributed by atoms with van der Waals surface area (Å²) < 4.78 is 58.9. The molecule has 0 spiro atoms. The maximum Gasteiger partial charge on any atom is 0.255 e. The Hall–Kier alpha value is -11.0. The van der Waals surface area contributed by atoms with E-state index < -0.39 is 36.8 Å². The van der Waals surface area contributed by atoms with E-state index in [4.69, 9.17) is 32.5 Å². The molecule has 24 heteroatoms. The lowest BCUT2D eigenvalue weighted by molar-refractivity contribution is -0.144. The van der Waals surface area contributed by atoms with E-state index in [0.717, 1.165) is 44.5 Å². The molecular weight excluding hydrogens is 1300 g/mol. The van der Waals surface area contributed by atoms with E-state index >= 15 is 0 Å². The Kier molecular flexibility index (Phi) is 20.1. The van der Waals surface area contributed by atoms with Gasteiger partial charge in [0.25, 0.3) is 17.7 Å². The summed E-state index contributed by atoms with van der Waals surface area (Å²) in [5, 5.41) is 7.91. The normalized spacial score (nSPS) is 23.0. The molecule has 5 unspecified atom stereocenters. The second kappa shape index (κ2) is 31.3. The first kappa shape index (κ1) is 65.6. The molecule has 6 fully saturated rings. The van der Waals surface area contributed by atoms with Gasteiger partial charge in [-0.05, 0) is 108 Å². The first-order chi connectivity index (χ1) is 50.7. The van der Waals surface area contributed by atoms with E-state index in [1.54, 1.807) is 57.2 Å². The number of piperidine rings is 3. The first-order valence-corrected chi connectivity index (χ1v) is 34.0. The fourth-order valence-corrected chi connectivity index (χ4v) is 13.4. The van der Waals surface area contributed by atoms with Crippen molar-refractivity contribution in [3.05, 3.63) is 231 Å². The molecule has 0 saturated carbocycles. The van der Waals surface area contributed by atoms with Crippen LogP contribution in [0.4, 0.5) is 0 Å². The largest absolute Gasteiger partial charge is 0.489 e. The highest BCUT2D eigenvalue weighted by Gasteiger charge is 2.43. The number of carbonyl (C=O) groups is 9. The minimum Gasteiger partial charge on any atom is -0.489 e. The van der Waals surface area contributed by atoms with Crippen LogP contribution in [0.25, 0.3) is 0 Å². The molecule has 0 radical (unpaired) electrons. The number of hydrogen-bond donors (Lipinski definition) is 3. The highest BCUT2D eigenvalue weighted by Crippen LogP contribution is 2.38. The van der Waals surface area contributed by atoms with Gasteiger partial charge in [0.05, 0.1) is 40.8 Å². The molecular formula is C78H81N9O15. The third-order valence-electron chi connectivity index (χ3n) is 19.0. The van der Waals surface area contributed by atoms with E-state index in [-0.39, 0.29) is 99.6 Å². The van der Waals surface area contributed by atoms with Crippen LogP contribution in [-0.2, 0) is 102 Å². The van der Waals surface area contributed by atoms with Crippen molar-refractivity contribution >= 4 is 53.2 Å². The molecule has 6 aromatic carbocycles. The molecule has 102 heavy (non-hydrogen) atoms. The van der Waals surface area contributed by atoms with E-state index in [1.807, 2.05) is 84.9 Å². The average molecular weight is 1390 g/mol. The zero-order valence-electron chi connectivity index (χ0n) is 59.4. The molecule has 15 rings (SSSR count). The van der Waals surface area contributed by atoms with Crippen molar-refractivity contribution in [2.24, 2.45) is 0 Å². The van der Waals surface area contributed by atoms with Gasteiger partial charge in [0.15, 0.2) is 0 Å². The lowest BCUT2D eigenvalue weighted by atomic mass is 10.0. The number of hydrogen-bond acceptors (Lipinski definition) is 15. The zero-order valence-corrected chi connectivity index (χ0v) is 56.4. The average Bonchev–Trinajstić information content (AvgIpc) is 1.60. The van der Waals surface area contributed by atoms with Gasteiger partial charge in [-0.15, -0.1) is 0 Å². The van der Waals surface area contributed by atoms with Crippen LogP contribution in [0.3, 0.4) is 0 Å². The van der Waals surface area contributed by atoms with Crippen LogP contribution >= 0.6 is 0 Å². The zero-order chi connectivity index (χ0) is 73.6. The summed E-state index contributed by atoms with van der Waals surface area (Å²) in [4.78, 5) is 122. The van der Waals surface area contributed by atoms with Gasteiger partial charge in [0.1, 0.15) is 75.0 Å². The quantitative estimate of drug-likeness (QED) is 0.0774. The summed E-state index contributed by atoms with van der Waals surface area (Å²) in [5.41, 5.74) is 11.0. The second-order valence-corrected chi connectivity index (χ2v) is 26.0. The first-order valence-electron chi connectivity index (χ1n) is 35.6. The molecule has 0 aromatic heterocycles. The minimum absolute atomic E-state index is 0.000860. The number of nitrogens with one attached hydrogen (secondary N) is 3. The highest BCUT2D eigenvalue weighted by molar-refractivity contribution is 6.04. The van der Waals surface area contributed by atoms with Crippen molar-refractivity contribution in [3.63, 3.8) is 0 Å². The number of rotatable bonds is 18. The van der Waals surface area contributed by atoms with Gasteiger partial charge in [-0.1, -0.05) is 111 Å². The number of allylic oxidation sites excluding steroid dienone is 3. The van der Waals surface area contributed by atoms with Gasteiger partial charge in [-0.2, -0.15) is 0 Å². The minimum atomic E-state index is -1.67. The molecule has 0 bridgehead atoms. The predicted octanol–water partition coefficient (Wildman–Crippen LogP) is 7.12. The SMILES string of the molecule is [2H]C1(N2Cc3c(OCc4ccc(CN5CCOCC5=O)cc4)cccc3C2=O)CCC(=C)NC1=O.[2H]C1CC(=C)NC(=O)C1N1Cc2c(OCc3ccc(CN4CCOCC4=O)cc3)cccc2C1=O.[2H]C1CC(N2Cc3c(OCc4ccc(CN5CCOCC5=O)cc4)cccc3C2=O)C(=O)NC1=C. The van der Waals surface area contributed by atoms with Crippen LogP contribution in [0.2, 0.25) is 0 Å². The summed E-state index contributed by atoms with van der Waals surface area (Å²) in [6.45, 7) is 18.3. The van der Waals surface area contributed by atoms with Crippen LogP contribution in [0.15, 0.2) is 164 Å². The summed E-state index contributed by atoms with van der Waals surface area (Å²) in [5.74, 6) is -0.304. The molecule has 6 saturated heterocycles. The lowest BCUT2D eigenvalue weighted by Crippen LogP contribution is -2.49. The number of amides is 9. The molecule has 24 nitrogen and oxygen atoms in total. The summed E-state index contributed by atoms with van der Waals surface area (Å²) in [7, 11) is 0. The molecule has 0 aliphatic carbocycles. The molecule has 5 atom stereocenters. The third-order valence-corrected chi connectivity index (χ3v) is 19.0. The Morgan fingerprint density at radius 2 is 0.775 bits per heavy atom. The summed E-state index contributed by atoms with van der Waals surface area (Å²) in [6, 6.07) is 36.3. The van der Waals surface area contributed by atoms with Gasteiger partial charge < -0.3 is 73.8 Å². The van der Waals surface area contributed by atoms with Gasteiger partial charge in [-0.3, -0.25) is 43.2 Å². The fraction of sp³-hybridized carbons (Fsp3) is 0.346. The monoisotopic (exact) mass is 1390 g/mol. The molecule has 9 aliphatic rings. The van der Waals surface area contributed by atoms with E-state index in [0.29, 0.717) is 148 Å².